The Morgan fingerprint density at radius 1 is 1.50 bits per heavy atom. The van der Waals surface area contributed by atoms with Crippen LogP contribution in [0, 0.1) is 10.1 Å². The summed E-state index contributed by atoms with van der Waals surface area (Å²) in [4.78, 5) is 10.7. The van der Waals surface area contributed by atoms with Gasteiger partial charge >= 0.3 is 5.69 Å². The van der Waals surface area contributed by atoms with Crippen molar-refractivity contribution < 1.29 is 9.66 Å². The van der Waals surface area contributed by atoms with Crippen LogP contribution in [-0.4, -0.2) is 21.8 Å². The first-order chi connectivity index (χ1) is 9.65. The van der Waals surface area contributed by atoms with Crippen molar-refractivity contribution in [2.75, 3.05) is 12.4 Å². The van der Waals surface area contributed by atoms with E-state index >= 15 is 0 Å². The fourth-order valence-electron chi connectivity index (χ4n) is 1.87. The zero-order valence-electron chi connectivity index (χ0n) is 11.4. The van der Waals surface area contributed by atoms with Crippen molar-refractivity contribution in [3.63, 3.8) is 0 Å². The third-order valence-electron chi connectivity index (χ3n) is 2.74. The van der Waals surface area contributed by atoms with Crippen molar-refractivity contribution in [2.24, 2.45) is 0 Å². The number of rotatable bonds is 6. The minimum atomic E-state index is -0.461. The molecule has 2 rings (SSSR count). The lowest BCUT2D eigenvalue weighted by Gasteiger charge is -2.07. The number of benzene rings is 1. The fraction of sp³-hybridized carbons (Fsp3) is 0.308. The van der Waals surface area contributed by atoms with E-state index in [1.54, 1.807) is 42.3 Å². The maximum absolute atomic E-state index is 11.2. The molecule has 7 heteroatoms. The van der Waals surface area contributed by atoms with Crippen molar-refractivity contribution in [1.82, 2.24) is 9.78 Å². The van der Waals surface area contributed by atoms with Gasteiger partial charge in [0.1, 0.15) is 5.69 Å². The van der Waals surface area contributed by atoms with Gasteiger partial charge in [0.2, 0.25) is 5.75 Å². The van der Waals surface area contributed by atoms with Gasteiger partial charge in [0.05, 0.1) is 17.3 Å². The predicted octanol–water partition coefficient (Wildman–Crippen LogP) is 3.04. The molecule has 0 atom stereocenters. The highest BCUT2D eigenvalue weighted by Crippen LogP contribution is 2.36. The number of nitrogens with zero attached hydrogens (tertiary/aromatic N) is 3. The summed E-state index contributed by atoms with van der Waals surface area (Å²) >= 11 is 0. The summed E-state index contributed by atoms with van der Waals surface area (Å²) in [6.07, 6.45) is 4.22. The van der Waals surface area contributed by atoms with E-state index in [1.807, 2.05) is 6.92 Å². The SMILES string of the molecule is CCCn1cc(Oc2cccc(NC)c2[N+](=O)[O-])cn1. The van der Waals surface area contributed by atoms with Crippen LogP contribution >= 0.6 is 0 Å². The first-order valence-corrected chi connectivity index (χ1v) is 6.31. The zero-order chi connectivity index (χ0) is 14.5. The van der Waals surface area contributed by atoms with Gasteiger partial charge in [0, 0.05) is 13.6 Å². The molecule has 1 aromatic heterocycles. The van der Waals surface area contributed by atoms with Gasteiger partial charge in [0.25, 0.3) is 0 Å². The molecule has 0 spiro atoms. The van der Waals surface area contributed by atoms with Gasteiger partial charge in [0.15, 0.2) is 5.75 Å². The van der Waals surface area contributed by atoms with Gasteiger partial charge in [-0.15, -0.1) is 0 Å². The summed E-state index contributed by atoms with van der Waals surface area (Å²) in [5.74, 6) is 0.674. The van der Waals surface area contributed by atoms with E-state index in [9.17, 15) is 10.1 Å². The second kappa shape index (κ2) is 6.05. The summed E-state index contributed by atoms with van der Waals surface area (Å²) in [5, 5.41) is 18.1. The highest BCUT2D eigenvalue weighted by atomic mass is 16.6. The zero-order valence-corrected chi connectivity index (χ0v) is 11.4. The molecule has 0 bridgehead atoms. The smallest absolute Gasteiger partial charge is 0.334 e. The van der Waals surface area contributed by atoms with Crippen molar-refractivity contribution in [2.45, 2.75) is 19.9 Å². The van der Waals surface area contributed by atoms with E-state index < -0.39 is 4.92 Å². The molecule has 1 aromatic carbocycles. The number of ether oxygens (including phenoxy) is 1. The Labute approximate surface area is 116 Å². The van der Waals surface area contributed by atoms with Crippen molar-refractivity contribution in [3.8, 4) is 11.5 Å². The molecule has 1 N–H and O–H groups in total. The molecule has 0 unspecified atom stereocenters. The molecule has 106 valence electrons. The Kier molecular flexibility index (Phi) is 4.19. The lowest BCUT2D eigenvalue weighted by molar-refractivity contribution is -0.384. The van der Waals surface area contributed by atoms with E-state index in [4.69, 9.17) is 4.74 Å². The minimum Gasteiger partial charge on any atom is -0.447 e. The molecule has 0 radical (unpaired) electrons. The number of para-hydroxylation sites is 1. The van der Waals surface area contributed by atoms with E-state index in [2.05, 4.69) is 10.4 Å². The normalized spacial score (nSPS) is 10.3. The fourth-order valence-corrected chi connectivity index (χ4v) is 1.87. The van der Waals surface area contributed by atoms with Gasteiger partial charge in [-0.2, -0.15) is 5.10 Å². The Hall–Kier alpha value is -2.57. The van der Waals surface area contributed by atoms with Crippen LogP contribution in [0.2, 0.25) is 0 Å². The van der Waals surface area contributed by atoms with Gasteiger partial charge in [-0.3, -0.25) is 14.8 Å². The quantitative estimate of drug-likeness (QED) is 0.647. The Bertz CT molecular complexity index is 609. The van der Waals surface area contributed by atoms with Crippen LogP contribution in [0.15, 0.2) is 30.6 Å². The summed E-state index contributed by atoms with van der Waals surface area (Å²) in [6, 6.07) is 4.90. The molecule has 2 aromatic rings. The van der Waals surface area contributed by atoms with Gasteiger partial charge in [-0.1, -0.05) is 13.0 Å². The van der Waals surface area contributed by atoms with Crippen LogP contribution in [0.25, 0.3) is 0 Å². The molecule has 0 amide bonds. The van der Waals surface area contributed by atoms with Crippen LogP contribution in [-0.2, 0) is 6.54 Å². The molecule has 0 aliphatic carbocycles. The Morgan fingerprint density at radius 2 is 2.30 bits per heavy atom. The van der Waals surface area contributed by atoms with E-state index in [0.29, 0.717) is 11.4 Å². The van der Waals surface area contributed by atoms with Crippen molar-refractivity contribution >= 4 is 11.4 Å². The first-order valence-electron chi connectivity index (χ1n) is 6.31. The monoisotopic (exact) mass is 276 g/mol. The topological polar surface area (TPSA) is 82.2 Å². The highest BCUT2D eigenvalue weighted by Gasteiger charge is 2.21. The minimum absolute atomic E-state index is 0.0850. The highest BCUT2D eigenvalue weighted by molar-refractivity contribution is 5.68. The first kappa shape index (κ1) is 13.9. The molecular formula is C13H16N4O3. The third kappa shape index (κ3) is 2.87. The number of anilines is 1. The van der Waals surface area contributed by atoms with Crippen LogP contribution < -0.4 is 10.1 Å². The predicted molar refractivity (Wildman–Crippen MR) is 75.2 cm³/mol. The van der Waals surface area contributed by atoms with Crippen LogP contribution in [0.1, 0.15) is 13.3 Å². The van der Waals surface area contributed by atoms with Crippen LogP contribution in [0.5, 0.6) is 11.5 Å². The molecule has 0 saturated carbocycles. The second-order valence-electron chi connectivity index (χ2n) is 4.20. The molecule has 7 nitrogen and oxygen atoms in total. The Balaban J connectivity index is 2.30. The number of nitro groups is 1. The molecule has 0 saturated heterocycles. The third-order valence-corrected chi connectivity index (χ3v) is 2.74. The van der Waals surface area contributed by atoms with Crippen LogP contribution in [0.3, 0.4) is 0 Å². The molecule has 0 aliphatic rings. The summed E-state index contributed by atoms with van der Waals surface area (Å²) < 4.78 is 7.31. The summed E-state index contributed by atoms with van der Waals surface area (Å²) in [6.45, 7) is 2.82. The maximum atomic E-state index is 11.2. The molecule has 20 heavy (non-hydrogen) atoms. The summed E-state index contributed by atoms with van der Waals surface area (Å²) in [5.41, 5.74) is 0.326. The number of hydrogen-bond acceptors (Lipinski definition) is 5. The maximum Gasteiger partial charge on any atom is 0.334 e. The second-order valence-corrected chi connectivity index (χ2v) is 4.20. The number of nitro benzene ring substituents is 1. The van der Waals surface area contributed by atoms with E-state index in [-0.39, 0.29) is 11.4 Å². The average Bonchev–Trinajstić information content (AvgIpc) is 2.86. The van der Waals surface area contributed by atoms with Crippen molar-refractivity contribution in [1.29, 1.82) is 0 Å². The standard InChI is InChI=1S/C13H16N4O3/c1-3-7-16-9-10(8-15-16)20-12-6-4-5-11(14-2)13(12)17(18)19/h4-6,8-9,14H,3,7H2,1-2H3. The number of aryl methyl sites for hydroxylation is 1. The molecule has 0 fully saturated rings. The number of hydrogen-bond donors (Lipinski definition) is 1. The number of nitrogens with one attached hydrogen (secondary N) is 1. The van der Waals surface area contributed by atoms with Gasteiger partial charge in [-0.25, -0.2) is 0 Å². The van der Waals surface area contributed by atoms with E-state index in [0.717, 1.165) is 13.0 Å². The lowest BCUT2D eigenvalue weighted by atomic mass is 10.2. The lowest BCUT2D eigenvalue weighted by Crippen LogP contribution is -1.99. The van der Waals surface area contributed by atoms with Gasteiger partial charge in [-0.05, 0) is 18.6 Å². The summed E-state index contributed by atoms with van der Waals surface area (Å²) in [7, 11) is 1.63. The molecule has 0 aliphatic heterocycles. The Morgan fingerprint density at radius 3 is 2.95 bits per heavy atom. The number of aromatic nitrogens is 2. The largest absolute Gasteiger partial charge is 0.447 e. The molecule has 1 heterocycles. The molecular weight excluding hydrogens is 260 g/mol. The van der Waals surface area contributed by atoms with Crippen LogP contribution in [0.4, 0.5) is 11.4 Å². The average molecular weight is 276 g/mol. The van der Waals surface area contributed by atoms with E-state index in [1.165, 1.54) is 0 Å². The van der Waals surface area contributed by atoms with Crippen molar-refractivity contribution in [3.05, 3.63) is 40.7 Å². The van der Waals surface area contributed by atoms with Gasteiger partial charge < -0.3 is 10.1 Å².